The van der Waals surface area contributed by atoms with E-state index in [9.17, 15) is 9.18 Å². The molecule has 1 aliphatic rings. The van der Waals surface area contributed by atoms with Gasteiger partial charge in [0.1, 0.15) is 5.82 Å². The van der Waals surface area contributed by atoms with Gasteiger partial charge >= 0.3 is 0 Å². The van der Waals surface area contributed by atoms with E-state index in [4.69, 9.17) is 5.73 Å². The van der Waals surface area contributed by atoms with Crippen LogP contribution in [0.3, 0.4) is 0 Å². The Kier molecular flexibility index (Phi) is 1.77. The Morgan fingerprint density at radius 2 is 2.31 bits per heavy atom. The summed E-state index contributed by atoms with van der Waals surface area (Å²) < 4.78 is 13.2. The van der Waals surface area contributed by atoms with E-state index in [0.717, 1.165) is 0 Å². The first-order valence-electron chi connectivity index (χ1n) is 4.02. The third kappa shape index (κ3) is 1.29. The van der Waals surface area contributed by atoms with Crippen molar-refractivity contribution < 1.29 is 9.18 Å². The number of hydrogen-bond donors (Lipinski definition) is 2. The fourth-order valence-corrected chi connectivity index (χ4v) is 1.53. The summed E-state index contributed by atoms with van der Waals surface area (Å²) in [5.41, 5.74) is 6.53. The second-order valence-corrected chi connectivity index (χ2v) is 3.06. The van der Waals surface area contributed by atoms with Crippen LogP contribution in [0.25, 0.3) is 0 Å². The number of benzene rings is 1. The number of fused-ring (bicyclic) bond motifs is 1. The molecule has 1 aliphatic heterocycles. The van der Waals surface area contributed by atoms with Gasteiger partial charge in [-0.25, -0.2) is 4.39 Å². The van der Waals surface area contributed by atoms with E-state index >= 15 is 0 Å². The van der Waals surface area contributed by atoms with Crippen LogP contribution >= 0.6 is 0 Å². The summed E-state index contributed by atoms with van der Waals surface area (Å²) in [4.78, 5) is 11.0. The molecule has 1 amide bonds. The Morgan fingerprint density at radius 3 is 3.08 bits per heavy atom. The van der Waals surface area contributed by atoms with Crippen LogP contribution in [-0.2, 0) is 4.79 Å². The quantitative estimate of drug-likeness (QED) is 0.629. The molecule has 1 unspecified atom stereocenters. The Bertz CT molecular complexity index is 365. The number of carbonyl (C=O) groups excluding carboxylic acids is 1. The molecule has 13 heavy (non-hydrogen) atoms. The van der Waals surface area contributed by atoms with Gasteiger partial charge in [-0.05, 0) is 12.1 Å². The van der Waals surface area contributed by atoms with Crippen molar-refractivity contribution in [2.24, 2.45) is 5.73 Å². The van der Waals surface area contributed by atoms with Gasteiger partial charge in [-0.2, -0.15) is 0 Å². The number of carbonyl (C=O) groups is 1. The second kappa shape index (κ2) is 2.81. The van der Waals surface area contributed by atoms with Crippen LogP contribution in [0.5, 0.6) is 0 Å². The SMILES string of the molecule is NC1CC(=O)Nc2cccc(F)c21. The van der Waals surface area contributed by atoms with Crippen molar-refractivity contribution in [1.82, 2.24) is 0 Å². The third-order valence-corrected chi connectivity index (χ3v) is 2.10. The van der Waals surface area contributed by atoms with Gasteiger partial charge in [0.05, 0.1) is 0 Å². The van der Waals surface area contributed by atoms with Gasteiger partial charge in [0.15, 0.2) is 0 Å². The van der Waals surface area contributed by atoms with Gasteiger partial charge in [0.2, 0.25) is 5.91 Å². The summed E-state index contributed by atoms with van der Waals surface area (Å²) in [6.45, 7) is 0. The molecular formula is C9H9FN2O. The van der Waals surface area contributed by atoms with Crippen LogP contribution < -0.4 is 11.1 Å². The minimum absolute atomic E-state index is 0.147. The van der Waals surface area contributed by atoms with Crippen LogP contribution in [0.15, 0.2) is 18.2 Å². The van der Waals surface area contributed by atoms with Crippen molar-refractivity contribution in [2.75, 3.05) is 5.32 Å². The molecule has 1 atom stereocenters. The van der Waals surface area contributed by atoms with Crippen molar-refractivity contribution in [3.8, 4) is 0 Å². The van der Waals surface area contributed by atoms with Crippen LogP contribution in [0, 0.1) is 5.82 Å². The summed E-state index contributed by atoms with van der Waals surface area (Å²) in [7, 11) is 0. The molecule has 0 radical (unpaired) electrons. The Morgan fingerprint density at radius 1 is 1.54 bits per heavy atom. The van der Waals surface area contributed by atoms with Gasteiger partial charge in [-0.15, -0.1) is 0 Å². The van der Waals surface area contributed by atoms with Gasteiger partial charge < -0.3 is 11.1 Å². The summed E-state index contributed by atoms with van der Waals surface area (Å²) >= 11 is 0. The fraction of sp³-hybridized carbons (Fsp3) is 0.222. The molecule has 0 bridgehead atoms. The maximum atomic E-state index is 13.2. The van der Waals surface area contributed by atoms with Crippen molar-refractivity contribution in [3.63, 3.8) is 0 Å². The van der Waals surface area contributed by atoms with E-state index in [-0.39, 0.29) is 18.1 Å². The number of hydrogen-bond acceptors (Lipinski definition) is 2. The van der Waals surface area contributed by atoms with Gasteiger partial charge in [0, 0.05) is 23.7 Å². The summed E-state index contributed by atoms with van der Waals surface area (Å²) in [6, 6.07) is 4.02. The van der Waals surface area contributed by atoms with Gasteiger partial charge in [-0.1, -0.05) is 6.07 Å². The lowest BCUT2D eigenvalue weighted by Crippen LogP contribution is -2.28. The molecule has 0 fully saturated rings. The normalized spacial score (nSPS) is 20.8. The Balaban J connectivity index is 2.55. The maximum absolute atomic E-state index is 13.2. The molecule has 3 nitrogen and oxygen atoms in total. The molecule has 1 aromatic rings. The minimum atomic E-state index is -0.523. The molecular weight excluding hydrogens is 171 g/mol. The zero-order valence-corrected chi connectivity index (χ0v) is 6.88. The highest BCUT2D eigenvalue weighted by Gasteiger charge is 2.24. The standard InChI is InChI=1S/C9H9FN2O/c10-5-2-1-3-7-9(5)6(11)4-8(13)12-7/h1-3,6H,4,11H2,(H,12,13). The van der Waals surface area contributed by atoms with E-state index in [2.05, 4.69) is 5.32 Å². The number of rotatable bonds is 0. The maximum Gasteiger partial charge on any atom is 0.226 e. The number of amides is 1. The number of anilines is 1. The molecule has 0 saturated carbocycles. The first kappa shape index (κ1) is 8.19. The predicted octanol–water partition coefficient (Wildman–Crippen LogP) is 1.17. The molecule has 1 aromatic carbocycles. The fourth-order valence-electron chi connectivity index (χ4n) is 1.53. The summed E-state index contributed by atoms with van der Waals surface area (Å²) in [5.74, 6) is -0.518. The lowest BCUT2D eigenvalue weighted by atomic mass is 9.98. The molecule has 0 aliphatic carbocycles. The largest absolute Gasteiger partial charge is 0.326 e. The molecule has 0 spiro atoms. The van der Waals surface area contributed by atoms with E-state index in [1.165, 1.54) is 6.07 Å². The van der Waals surface area contributed by atoms with E-state index in [1.807, 2.05) is 0 Å². The zero-order chi connectivity index (χ0) is 9.42. The molecule has 0 saturated heterocycles. The lowest BCUT2D eigenvalue weighted by molar-refractivity contribution is -0.116. The average Bonchev–Trinajstić information content (AvgIpc) is 2.02. The summed E-state index contributed by atoms with van der Waals surface area (Å²) in [5, 5.41) is 2.57. The highest BCUT2D eigenvalue weighted by molar-refractivity contribution is 5.94. The van der Waals surface area contributed by atoms with Crippen LogP contribution in [0.2, 0.25) is 0 Å². The number of nitrogens with two attached hydrogens (primary N) is 1. The summed E-state index contributed by atoms with van der Waals surface area (Å²) in [6.07, 6.45) is 0.147. The first-order valence-corrected chi connectivity index (χ1v) is 4.02. The van der Waals surface area contributed by atoms with Crippen LogP contribution in [0.4, 0.5) is 10.1 Å². The van der Waals surface area contributed by atoms with Crippen LogP contribution in [-0.4, -0.2) is 5.91 Å². The number of nitrogens with one attached hydrogen (secondary N) is 1. The highest BCUT2D eigenvalue weighted by Crippen LogP contribution is 2.30. The third-order valence-electron chi connectivity index (χ3n) is 2.10. The zero-order valence-electron chi connectivity index (χ0n) is 6.88. The van der Waals surface area contributed by atoms with Crippen LogP contribution in [0.1, 0.15) is 18.0 Å². The second-order valence-electron chi connectivity index (χ2n) is 3.06. The minimum Gasteiger partial charge on any atom is -0.326 e. The van der Waals surface area contributed by atoms with E-state index < -0.39 is 6.04 Å². The van der Waals surface area contributed by atoms with Gasteiger partial charge in [-0.3, -0.25) is 4.79 Å². The molecule has 3 N–H and O–H groups in total. The number of halogens is 1. The predicted molar refractivity (Wildman–Crippen MR) is 46.6 cm³/mol. The molecule has 0 aromatic heterocycles. The average molecular weight is 180 g/mol. The molecule has 1 heterocycles. The smallest absolute Gasteiger partial charge is 0.226 e. The molecule has 68 valence electrons. The van der Waals surface area contributed by atoms with Gasteiger partial charge in [0.25, 0.3) is 0 Å². The Hall–Kier alpha value is -1.42. The lowest BCUT2D eigenvalue weighted by Gasteiger charge is -2.22. The van der Waals surface area contributed by atoms with Crippen molar-refractivity contribution in [2.45, 2.75) is 12.5 Å². The van der Waals surface area contributed by atoms with Crippen molar-refractivity contribution in [1.29, 1.82) is 0 Å². The van der Waals surface area contributed by atoms with Crippen molar-refractivity contribution >= 4 is 11.6 Å². The first-order chi connectivity index (χ1) is 6.18. The topological polar surface area (TPSA) is 55.1 Å². The van der Waals surface area contributed by atoms with Crippen molar-refractivity contribution in [3.05, 3.63) is 29.6 Å². The monoisotopic (exact) mass is 180 g/mol. The molecule has 4 heteroatoms. The van der Waals surface area contributed by atoms with E-state index in [0.29, 0.717) is 11.3 Å². The Labute approximate surface area is 74.7 Å². The highest BCUT2D eigenvalue weighted by atomic mass is 19.1. The molecule has 2 rings (SSSR count). The van der Waals surface area contributed by atoms with E-state index in [1.54, 1.807) is 12.1 Å².